The number of nitrogens with zero attached hydrogens (tertiary/aromatic N) is 2. The molecule has 0 amide bonds. The van der Waals surface area contributed by atoms with Gasteiger partial charge in [0.2, 0.25) is 0 Å². The van der Waals surface area contributed by atoms with E-state index in [0.717, 1.165) is 37.0 Å². The van der Waals surface area contributed by atoms with E-state index < -0.39 is 0 Å². The molecule has 2 aromatic rings. The number of anilines is 1. The molecule has 0 fully saturated rings. The molecule has 17 heavy (non-hydrogen) atoms. The summed E-state index contributed by atoms with van der Waals surface area (Å²) >= 11 is 0. The highest BCUT2D eigenvalue weighted by molar-refractivity contribution is 5.74. The number of aromatic nitrogens is 1. The average molecular weight is 233 g/mol. The van der Waals surface area contributed by atoms with E-state index in [1.165, 1.54) is 0 Å². The van der Waals surface area contributed by atoms with Crippen molar-refractivity contribution < 1.29 is 4.42 Å². The minimum Gasteiger partial charge on any atom is -0.423 e. The summed E-state index contributed by atoms with van der Waals surface area (Å²) < 4.78 is 5.75. The Balaban J connectivity index is 2.21. The molecule has 92 valence electrons. The van der Waals surface area contributed by atoms with E-state index in [2.05, 4.69) is 16.8 Å². The lowest BCUT2D eigenvalue weighted by atomic mass is 10.3. The third-order valence-corrected chi connectivity index (χ3v) is 2.68. The fourth-order valence-corrected chi connectivity index (χ4v) is 1.85. The number of para-hydroxylation sites is 2. The Morgan fingerprint density at radius 2 is 2.12 bits per heavy atom. The lowest BCUT2D eigenvalue weighted by Gasteiger charge is -2.18. The number of hydrogen-bond acceptors (Lipinski definition) is 4. The minimum atomic E-state index is 0.695. The molecule has 2 rings (SSSR count). The number of hydrogen-bond donors (Lipinski definition) is 1. The average Bonchev–Trinajstić information content (AvgIpc) is 2.78. The Hall–Kier alpha value is -1.55. The van der Waals surface area contributed by atoms with Crippen molar-refractivity contribution in [3.63, 3.8) is 0 Å². The lowest BCUT2D eigenvalue weighted by Crippen LogP contribution is -2.27. The Kier molecular flexibility index (Phi) is 3.98. The maximum atomic E-state index is 5.75. The smallest absolute Gasteiger partial charge is 0.298 e. The first-order valence-electron chi connectivity index (χ1n) is 6.15. The molecule has 0 saturated carbocycles. The Labute approximate surface area is 101 Å². The summed E-state index contributed by atoms with van der Waals surface area (Å²) in [5.41, 5.74) is 7.31. The fraction of sp³-hybridized carbons (Fsp3) is 0.462. The largest absolute Gasteiger partial charge is 0.423 e. The molecule has 4 nitrogen and oxygen atoms in total. The Bertz CT molecular complexity index is 433. The predicted octanol–water partition coefficient (Wildman–Crippen LogP) is 2.39. The molecule has 0 aliphatic heterocycles. The molecule has 0 aliphatic carbocycles. The molecular formula is C13H19N3O. The van der Waals surface area contributed by atoms with Crippen LogP contribution in [-0.2, 0) is 0 Å². The summed E-state index contributed by atoms with van der Waals surface area (Å²) in [6.45, 7) is 4.70. The van der Waals surface area contributed by atoms with Crippen LogP contribution in [0.25, 0.3) is 11.1 Å². The number of rotatable bonds is 6. The van der Waals surface area contributed by atoms with Crippen LogP contribution in [0, 0.1) is 0 Å². The molecule has 0 spiro atoms. The molecule has 1 aromatic heterocycles. The number of fused-ring (bicyclic) bond motifs is 1. The number of oxazole rings is 1. The van der Waals surface area contributed by atoms with Gasteiger partial charge in [-0.15, -0.1) is 0 Å². The SMILES string of the molecule is CCCN(CCCN)c1nc2ccccc2o1. The highest BCUT2D eigenvalue weighted by atomic mass is 16.4. The van der Waals surface area contributed by atoms with E-state index in [1.807, 2.05) is 24.3 Å². The molecule has 2 N–H and O–H groups in total. The van der Waals surface area contributed by atoms with Crippen molar-refractivity contribution in [3.8, 4) is 0 Å². The molecule has 1 aromatic carbocycles. The standard InChI is InChI=1S/C13H19N3O/c1-2-9-16(10-5-8-14)13-15-11-6-3-4-7-12(11)17-13/h3-4,6-7H,2,5,8-10,14H2,1H3. The van der Waals surface area contributed by atoms with Crippen molar-refractivity contribution in [2.24, 2.45) is 5.73 Å². The monoisotopic (exact) mass is 233 g/mol. The van der Waals surface area contributed by atoms with Gasteiger partial charge in [0.15, 0.2) is 5.58 Å². The molecule has 0 saturated heterocycles. The van der Waals surface area contributed by atoms with E-state index in [4.69, 9.17) is 10.2 Å². The summed E-state index contributed by atoms with van der Waals surface area (Å²) in [7, 11) is 0. The van der Waals surface area contributed by atoms with E-state index in [-0.39, 0.29) is 0 Å². The van der Waals surface area contributed by atoms with Crippen LogP contribution in [-0.4, -0.2) is 24.6 Å². The van der Waals surface area contributed by atoms with Gasteiger partial charge in [-0.05, 0) is 31.5 Å². The second kappa shape index (κ2) is 5.68. The van der Waals surface area contributed by atoms with Crippen LogP contribution < -0.4 is 10.6 Å². The molecule has 4 heteroatoms. The van der Waals surface area contributed by atoms with E-state index >= 15 is 0 Å². The van der Waals surface area contributed by atoms with Gasteiger partial charge in [0, 0.05) is 13.1 Å². The third kappa shape index (κ3) is 2.77. The van der Waals surface area contributed by atoms with E-state index in [1.54, 1.807) is 0 Å². The van der Waals surface area contributed by atoms with Crippen LogP contribution in [0.4, 0.5) is 6.01 Å². The summed E-state index contributed by atoms with van der Waals surface area (Å²) in [5.74, 6) is 0. The summed E-state index contributed by atoms with van der Waals surface area (Å²) in [4.78, 5) is 6.66. The Morgan fingerprint density at radius 1 is 1.29 bits per heavy atom. The van der Waals surface area contributed by atoms with Crippen molar-refractivity contribution >= 4 is 17.1 Å². The zero-order valence-corrected chi connectivity index (χ0v) is 10.2. The van der Waals surface area contributed by atoms with E-state index in [9.17, 15) is 0 Å². The first kappa shape index (κ1) is 11.9. The minimum absolute atomic E-state index is 0.695. The van der Waals surface area contributed by atoms with Gasteiger partial charge < -0.3 is 15.1 Å². The molecule has 1 heterocycles. The molecule has 0 bridgehead atoms. The van der Waals surface area contributed by atoms with Gasteiger partial charge in [-0.1, -0.05) is 19.1 Å². The molecular weight excluding hydrogens is 214 g/mol. The van der Waals surface area contributed by atoms with E-state index in [0.29, 0.717) is 12.6 Å². The van der Waals surface area contributed by atoms with Crippen molar-refractivity contribution in [2.45, 2.75) is 19.8 Å². The maximum absolute atomic E-state index is 5.75. The lowest BCUT2D eigenvalue weighted by molar-refractivity contribution is 0.558. The summed E-state index contributed by atoms with van der Waals surface area (Å²) in [5, 5.41) is 0. The van der Waals surface area contributed by atoms with Gasteiger partial charge >= 0.3 is 0 Å². The quantitative estimate of drug-likeness (QED) is 0.832. The van der Waals surface area contributed by atoms with Crippen molar-refractivity contribution in [1.29, 1.82) is 0 Å². The van der Waals surface area contributed by atoms with Gasteiger partial charge in [0.25, 0.3) is 6.01 Å². The number of nitrogens with two attached hydrogens (primary N) is 1. The van der Waals surface area contributed by atoms with Gasteiger partial charge in [0.05, 0.1) is 0 Å². The van der Waals surface area contributed by atoms with Crippen molar-refractivity contribution in [2.75, 3.05) is 24.5 Å². The normalized spacial score (nSPS) is 10.9. The Morgan fingerprint density at radius 3 is 2.82 bits per heavy atom. The molecule has 0 radical (unpaired) electrons. The second-order valence-electron chi connectivity index (χ2n) is 4.09. The van der Waals surface area contributed by atoms with Crippen LogP contribution in [0.2, 0.25) is 0 Å². The van der Waals surface area contributed by atoms with Gasteiger partial charge in [-0.25, -0.2) is 0 Å². The highest BCUT2D eigenvalue weighted by Gasteiger charge is 2.12. The topological polar surface area (TPSA) is 55.3 Å². The molecule has 0 atom stereocenters. The van der Waals surface area contributed by atoms with Crippen LogP contribution >= 0.6 is 0 Å². The van der Waals surface area contributed by atoms with Crippen LogP contribution in [0.15, 0.2) is 28.7 Å². The number of benzene rings is 1. The first-order chi connectivity index (χ1) is 8.35. The van der Waals surface area contributed by atoms with Gasteiger partial charge in [0.1, 0.15) is 5.52 Å². The van der Waals surface area contributed by atoms with Crippen molar-refractivity contribution in [1.82, 2.24) is 4.98 Å². The first-order valence-corrected chi connectivity index (χ1v) is 6.15. The van der Waals surface area contributed by atoms with Crippen LogP contribution in [0.5, 0.6) is 0 Å². The molecule has 0 aliphatic rings. The highest BCUT2D eigenvalue weighted by Crippen LogP contribution is 2.21. The zero-order valence-electron chi connectivity index (χ0n) is 10.2. The maximum Gasteiger partial charge on any atom is 0.298 e. The molecule has 0 unspecified atom stereocenters. The fourth-order valence-electron chi connectivity index (χ4n) is 1.85. The van der Waals surface area contributed by atoms with Gasteiger partial charge in [-0.2, -0.15) is 4.98 Å². The van der Waals surface area contributed by atoms with Crippen LogP contribution in [0.1, 0.15) is 19.8 Å². The summed E-state index contributed by atoms with van der Waals surface area (Å²) in [6.07, 6.45) is 2.03. The third-order valence-electron chi connectivity index (χ3n) is 2.68. The predicted molar refractivity (Wildman–Crippen MR) is 70.2 cm³/mol. The van der Waals surface area contributed by atoms with Crippen molar-refractivity contribution in [3.05, 3.63) is 24.3 Å². The zero-order chi connectivity index (χ0) is 12.1. The van der Waals surface area contributed by atoms with Gasteiger partial charge in [-0.3, -0.25) is 0 Å². The summed E-state index contributed by atoms with van der Waals surface area (Å²) in [6, 6.07) is 8.55. The second-order valence-corrected chi connectivity index (χ2v) is 4.09. The van der Waals surface area contributed by atoms with Crippen LogP contribution in [0.3, 0.4) is 0 Å².